The van der Waals surface area contributed by atoms with Crippen molar-refractivity contribution in [1.29, 1.82) is 0 Å². The van der Waals surface area contributed by atoms with Crippen molar-refractivity contribution in [2.24, 2.45) is 10.7 Å². The summed E-state index contributed by atoms with van der Waals surface area (Å²) in [5, 5.41) is 3.05. The third-order valence-electron chi connectivity index (χ3n) is 3.10. The number of nitrogens with one attached hydrogen (secondary N) is 1. The molecule has 21 heavy (non-hydrogen) atoms. The SMILES string of the molecule is COCC(C)NC(N)=NCC(c1cccc(F)c1)N(C)C. The summed E-state index contributed by atoms with van der Waals surface area (Å²) in [4.78, 5) is 6.33. The first kappa shape index (κ1) is 17.4. The molecule has 0 heterocycles. The molecule has 118 valence electrons. The molecular weight excluding hydrogens is 271 g/mol. The number of nitrogens with zero attached hydrogens (tertiary/aromatic N) is 2. The zero-order valence-corrected chi connectivity index (χ0v) is 13.1. The summed E-state index contributed by atoms with van der Waals surface area (Å²) in [6.45, 7) is 2.97. The lowest BCUT2D eigenvalue weighted by Gasteiger charge is -2.23. The molecule has 1 rings (SSSR count). The van der Waals surface area contributed by atoms with Crippen molar-refractivity contribution in [2.45, 2.75) is 19.0 Å². The Labute approximate surface area is 126 Å². The van der Waals surface area contributed by atoms with Gasteiger partial charge in [-0.25, -0.2) is 4.39 Å². The summed E-state index contributed by atoms with van der Waals surface area (Å²) in [7, 11) is 5.50. The molecule has 0 aliphatic carbocycles. The summed E-state index contributed by atoms with van der Waals surface area (Å²) >= 11 is 0. The van der Waals surface area contributed by atoms with Crippen molar-refractivity contribution in [1.82, 2.24) is 10.2 Å². The number of guanidine groups is 1. The molecule has 0 aromatic heterocycles. The number of rotatable bonds is 7. The van der Waals surface area contributed by atoms with E-state index in [9.17, 15) is 4.39 Å². The van der Waals surface area contributed by atoms with Gasteiger partial charge in [0.25, 0.3) is 0 Å². The highest BCUT2D eigenvalue weighted by Crippen LogP contribution is 2.19. The Morgan fingerprint density at radius 1 is 1.48 bits per heavy atom. The molecule has 0 fully saturated rings. The summed E-state index contributed by atoms with van der Waals surface area (Å²) < 4.78 is 18.4. The van der Waals surface area contributed by atoms with Crippen LogP contribution in [0.25, 0.3) is 0 Å². The third-order valence-corrected chi connectivity index (χ3v) is 3.10. The highest BCUT2D eigenvalue weighted by molar-refractivity contribution is 5.78. The van der Waals surface area contributed by atoms with Crippen LogP contribution in [0.2, 0.25) is 0 Å². The topological polar surface area (TPSA) is 62.9 Å². The minimum Gasteiger partial charge on any atom is -0.383 e. The molecule has 2 unspecified atom stereocenters. The number of nitrogens with two attached hydrogens (primary N) is 1. The van der Waals surface area contributed by atoms with Crippen LogP contribution in [0.15, 0.2) is 29.3 Å². The second kappa shape index (κ2) is 8.59. The molecule has 0 saturated heterocycles. The number of likely N-dealkylation sites (N-methyl/N-ethyl adjacent to an activating group) is 1. The number of benzene rings is 1. The molecule has 0 aliphatic heterocycles. The van der Waals surface area contributed by atoms with Crippen LogP contribution in [0.3, 0.4) is 0 Å². The maximum atomic E-state index is 13.3. The molecule has 2 atom stereocenters. The van der Waals surface area contributed by atoms with E-state index in [2.05, 4.69) is 10.3 Å². The second-order valence-electron chi connectivity index (χ2n) is 5.26. The Balaban J connectivity index is 2.71. The summed E-state index contributed by atoms with van der Waals surface area (Å²) in [5.74, 6) is 0.117. The first-order chi connectivity index (χ1) is 9.93. The van der Waals surface area contributed by atoms with Crippen LogP contribution >= 0.6 is 0 Å². The van der Waals surface area contributed by atoms with Gasteiger partial charge < -0.3 is 20.7 Å². The van der Waals surface area contributed by atoms with E-state index in [1.807, 2.05) is 32.0 Å². The molecule has 0 amide bonds. The van der Waals surface area contributed by atoms with Gasteiger partial charge in [0.2, 0.25) is 0 Å². The first-order valence-electron chi connectivity index (χ1n) is 6.91. The maximum absolute atomic E-state index is 13.3. The Morgan fingerprint density at radius 3 is 2.76 bits per heavy atom. The van der Waals surface area contributed by atoms with Crippen molar-refractivity contribution < 1.29 is 9.13 Å². The average Bonchev–Trinajstić information content (AvgIpc) is 2.38. The molecule has 5 nitrogen and oxygen atoms in total. The summed E-state index contributed by atoms with van der Waals surface area (Å²) in [6.07, 6.45) is 0. The Hall–Kier alpha value is -1.66. The highest BCUT2D eigenvalue weighted by Gasteiger charge is 2.14. The van der Waals surface area contributed by atoms with Crippen LogP contribution in [-0.4, -0.2) is 51.3 Å². The fourth-order valence-electron chi connectivity index (χ4n) is 2.06. The number of halogens is 1. The number of aliphatic imine (C=N–C) groups is 1. The molecule has 0 spiro atoms. The Morgan fingerprint density at radius 2 is 2.19 bits per heavy atom. The molecule has 1 aromatic rings. The van der Waals surface area contributed by atoms with Gasteiger partial charge in [-0.2, -0.15) is 0 Å². The summed E-state index contributed by atoms with van der Waals surface area (Å²) in [5.41, 5.74) is 6.73. The molecule has 3 N–H and O–H groups in total. The Kier molecular flexibility index (Phi) is 7.11. The molecule has 6 heteroatoms. The van der Waals surface area contributed by atoms with Crippen LogP contribution < -0.4 is 11.1 Å². The van der Waals surface area contributed by atoms with Crippen molar-refractivity contribution >= 4 is 5.96 Å². The van der Waals surface area contributed by atoms with Gasteiger partial charge in [-0.15, -0.1) is 0 Å². The van der Waals surface area contributed by atoms with E-state index in [0.29, 0.717) is 19.1 Å². The number of hydrogen-bond acceptors (Lipinski definition) is 3. The molecule has 0 bridgehead atoms. The lowest BCUT2D eigenvalue weighted by molar-refractivity contribution is 0.179. The van der Waals surface area contributed by atoms with Gasteiger partial charge in [0, 0.05) is 13.2 Å². The van der Waals surface area contributed by atoms with Crippen LogP contribution in [0.4, 0.5) is 4.39 Å². The quantitative estimate of drug-likeness (QED) is 0.589. The van der Waals surface area contributed by atoms with Crippen LogP contribution in [0, 0.1) is 5.82 Å². The van der Waals surface area contributed by atoms with E-state index in [1.54, 1.807) is 13.2 Å². The van der Waals surface area contributed by atoms with E-state index in [4.69, 9.17) is 10.5 Å². The van der Waals surface area contributed by atoms with E-state index in [1.165, 1.54) is 12.1 Å². The maximum Gasteiger partial charge on any atom is 0.188 e. The van der Waals surface area contributed by atoms with Crippen molar-refractivity contribution in [3.05, 3.63) is 35.6 Å². The fourth-order valence-corrected chi connectivity index (χ4v) is 2.06. The van der Waals surface area contributed by atoms with E-state index in [-0.39, 0.29) is 17.9 Å². The molecular formula is C15H25FN4O. The normalized spacial score (nSPS) is 15.0. The molecule has 0 saturated carbocycles. The monoisotopic (exact) mass is 296 g/mol. The third kappa shape index (κ3) is 6.10. The number of hydrogen-bond donors (Lipinski definition) is 2. The van der Waals surface area contributed by atoms with Gasteiger partial charge in [-0.3, -0.25) is 4.99 Å². The average molecular weight is 296 g/mol. The van der Waals surface area contributed by atoms with E-state index < -0.39 is 0 Å². The van der Waals surface area contributed by atoms with Gasteiger partial charge in [0.1, 0.15) is 5.82 Å². The standard InChI is InChI=1S/C15H25FN4O/c1-11(10-21-4)19-15(17)18-9-14(20(2)3)12-6-5-7-13(16)8-12/h5-8,11,14H,9-10H2,1-4H3,(H3,17,18,19). The van der Waals surface area contributed by atoms with Crippen LogP contribution in [0.5, 0.6) is 0 Å². The Bertz CT molecular complexity index is 465. The zero-order valence-electron chi connectivity index (χ0n) is 13.1. The minimum atomic E-state index is -0.247. The molecule has 0 aliphatic rings. The van der Waals surface area contributed by atoms with Gasteiger partial charge in [-0.1, -0.05) is 12.1 Å². The molecule has 1 aromatic carbocycles. The zero-order chi connectivity index (χ0) is 15.8. The van der Waals surface area contributed by atoms with E-state index in [0.717, 1.165) is 5.56 Å². The van der Waals surface area contributed by atoms with Gasteiger partial charge in [-0.05, 0) is 38.7 Å². The highest BCUT2D eigenvalue weighted by atomic mass is 19.1. The van der Waals surface area contributed by atoms with Crippen molar-refractivity contribution in [3.8, 4) is 0 Å². The van der Waals surface area contributed by atoms with Crippen molar-refractivity contribution in [3.63, 3.8) is 0 Å². The fraction of sp³-hybridized carbons (Fsp3) is 0.533. The number of ether oxygens (including phenoxy) is 1. The summed E-state index contributed by atoms with van der Waals surface area (Å²) in [6, 6.07) is 6.61. The molecule has 0 radical (unpaired) electrons. The lowest BCUT2D eigenvalue weighted by Crippen LogP contribution is -2.41. The van der Waals surface area contributed by atoms with Crippen molar-refractivity contribution in [2.75, 3.05) is 34.4 Å². The minimum absolute atomic E-state index is 0.0289. The second-order valence-corrected chi connectivity index (χ2v) is 5.26. The van der Waals surface area contributed by atoms with E-state index >= 15 is 0 Å². The number of methoxy groups -OCH3 is 1. The van der Waals surface area contributed by atoms with Gasteiger partial charge >= 0.3 is 0 Å². The smallest absolute Gasteiger partial charge is 0.188 e. The van der Waals surface area contributed by atoms with Gasteiger partial charge in [0.05, 0.1) is 19.2 Å². The largest absolute Gasteiger partial charge is 0.383 e. The first-order valence-corrected chi connectivity index (χ1v) is 6.91. The van der Waals surface area contributed by atoms with Gasteiger partial charge in [0.15, 0.2) is 5.96 Å². The van der Waals surface area contributed by atoms with Crippen LogP contribution in [0.1, 0.15) is 18.5 Å². The predicted molar refractivity (Wildman–Crippen MR) is 83.8 cm³/mol. The van der Waals surface area contributed by atoms with Crippen LogP contribution in [-0.2, 0) is 4.74 Å². The predicted octanol–water partition coefficient (Wildman–Crippen LogP) is 1.37. The lowest BCUT2D eigenvalue weighted by atomic mass is 10.1.